The third-order valence-electron chi connectivity index (χ3n) is 4.36. The minimum Gasteiger partial charge on any atom is -0.486 e. The fraction of sp³-hybridized carbons (Fsp3) is 0.286. The van der Waals surface area contributed by atoms with Crippen molar-refractivity contribution in [1.82, 2.24) is 15.5 Å². The first-order valence-electron chi connectivity index (χ1n) is 9.65. The van der Waals surface area contributed by atoms with Crippen molar-refractivity contribution < 1.29 is 14.3 Å². The van der Waals surface area contributed by atoms with Crippen LogP contribution in [0.3, 0.4) is 0 Å². The molecule has 0 saturated heterocycles. The summed E-state index contributed by atoms with van der Waals surface area (Å²) in [5.41, 5.74) is 2.28. The van der Waals surface area contributed by atoms with Crippen LogP contribution in [0.25, 0.3) is 0 Å². The highest BCUT2D eigenvalue weighted by Gasteiger charge is 2.12. The predicted molar refractivity (Wildman–Crippen MR) is 119 cm³/mol. The summed E-state index contributed by atoms with van der Waals surface area (Å²) in [6.07, 6.45) is 0.736. The monoisotopic (exact) mass is 442 g/mol. The van der Waals surface area contributed by atoms with E-state index in [-0.39, 0.29) is 5.91 Å². The maximum atomic E-state index is 12.1. The molecule has 1 aliphatic rings. The van der Waals surface area contributed by atoms with Gasteiger partial charge in [0.2, 0.25) is 11.0 Å². The number of rotatable bonds is 9. The van der Waals surface area contributed by atoms with Gasteiger partial charge >= 0.3 is 0 Å². The van der Waals surface area contributed by atoms with Crippen LogP contribution >= 0.6 is 23.1 Å². The van der Waals surface area contributed by atoms with Crippen LogP contribution in [0.15, 0.2) is 52.9 Å². The van der Waals surface area contributed by atoms with Crippen molar-refractivity contribution in [2.75, 3.05) is 30.8 Å². The van der Waals surface area contributed by atoms with E-state index in [4.69, 9.17) is 9.47 Å². The summed E-state index contributed by atoms with van der Waals surface area (Å²) in [6.45, 7) is 2.41. The molecular weight excluding hydrogens is 420 g/mol. The van der Waals surface area contributed by atoms with Gasteiger partial charge in [0.05, 0.1) is 5.75 Å². The van der Waals surface area contributed by atoms with E-state index in [0.717, 1.165) is 33.0 Å². The van der Waals surface area contributed by atoms with Gasteiger partial charge in [0.25, 0.3) is 0 Å². The Morgan fingerprint density at radius 1 is 1.03 bits per heavy atom. The molecule has 0 bridgehead atoms. The van der Waals surface area contributed by atoms with Gasteiger partial charge in [0.15, 0.2) is 15.8 Å². The molecule has 1 amide bonds. The predicted octanol–water partition coefficient (Wildman–Crippen LogP) is 3.37. The fourth-order valence-corrected chi connectivity index (χ4v) is 4.46. The Bertz CT molecular complexity index is 981. The number of nitrogens with one attached hydrogen (secondary N) is 2. The number of aromatic nitrogens is 2. The number of carbonyl (C=O) groups excluding carboxylic acids is 1. The van der Waals surface area contributed by atoms with Crippen molar-refractivity contribution in [1.29, 1.82) is 0 Å². The molecule has 156 valence electrons. The van der Waals surface area contributed by atoms with Crippen molar-refractivity contribution >= 4 is 34.1 Å². The van der Waals surface area contributed by atoms with E-state index in [1.54, 1.807) is 0 Å². The van der Waals surface area contributed by atoms with E-state index < -0.39 is 0 Å². The van der Waals surface area contributed by atoms with Gasteiger partial charge in [-0.2, -0.15) is 0 Å². The Labute approximate surface area is 183 Å². The second kappa shape index (κ2) is 10.3. The van der Waals surface area contributed by atoms with Gasteiger partial charge in [-0.05, 0) is 29.7 Å². The number of hydrogen-bond donors (Lipinski definition) is 2. The summed E-state index contributed by atoms with van der Waals surface area (Å²) in [4.78, 5) is 12.1. The Kier molecular flexibility index (Phi) is 7.04. The number of fused-ring (bicyclic) bond motifs is 1. The Balaban J connectivity index is 1.16. The zero-order valence-corrected chi connectivity index (χ0v) is 17.9. The molecule has 1 aliphatic heterocycles. The van der Waals surface area contributed by atoms with Crippen LogP contribution in [0.1, 0.15) is 11.1 Å². The van der Waals surface area contributed by atoms with E-state index in [9.17, 15) is 4.79 Å². The largest absolute Gasteiger partial charge is 0.486 e. The summed E-state index contributed by atoms with van der Waals surface area (Å²) in [5.74, 6) is 1.84. The molecule has 0 saturated carbocycles. The van der Waals surface area contributed by atoms with Gasteiger partial charge in [-0.1, -0.05) is 59.5 Å². The van der Waals surface area contributed by atoms with E-state index in [2.05, 4.69) is 33.0 Å². The highest BCUT2D eigenvalue weighted by atomic mass is 32.2. The van der Waals surface area contributed by atoms with Gasteiger partial charge in [0, 0.05) is 13.1 Å². The molecule has 2 aromatic carbocycles. The number of carbonyl (C=O) groups is 1. The lowest BCUT2D eigenvalue weighted by Crippen LogP contribution is -2.27. The topological polar surface area (TPSA) is 85.4 Å². The van der Waals surface area contributed by atoms with Crippen LogP contribution in [0, 0.1) is 0 Å². The molecule has 0 radical (unpaired) electrons. The van der Waals surface area contributed by atoms with Crippen molar-refractivity contribution in [2.45, 2.75) is 17.3 Å². The molecule has 30 heavy (non-hydrogen) atoms. The number of amides is 1. The van der Waals surface area contributed by atoms with Gasteiger partial charge in [-0.15, -0.1) is 10.2 Å². The van der Waals surface area contributed by atoms with Crippen molar-refractivity contribution in [3.8, 4) is 11.5 Å². The number of anilines is 1. The minimum absolute atomic E-state index is 0.0217. The van der Waals surface area contributed by atoms with Crippen molar-refractivity contribution in [2.24, 2.45) is 0 Å². The highest BCUT2D eigenvalue weighted by molar-refractivity contribution is 8.01. The molecule has 3 aromatic rings. The van der Waals surface area contributed by atoms with Gasteiger partial charge < -0.3 is 20.1 Å². The van der Waals surface area contributed by atoms with Gasteiger partial charge in [0.1, 0.15) is 13.2 Å². The Morgan fingerprint density at radius 3 is 2.73 bits per heavy atom. The van der Waals surface area contributed by atoms with Gasteiger partial charge in [-0.3, -0.25) is 4.79 Å². The average molecular weight is 443 g/mol. The smallest absolute Gasteiger partial charge is 0.230 e. The molecular formula is C21H22N4O3S2. The molecule has 2 heterocycles. The van der Waals surface area contributed by atoms with E-state index in [0.29, 0.717) is 32.1 Å². The zero-order valence-electron chi connectivity index (χ0n) is 16.3. The van der Waals surface area contributed by atoms with Crippen LogP contribution < -0.4 is 20.1 Å². The fourth-order valence-electron chi connectivity index (χ4n) is 2.88. The third-order valence-corrected chi connectivity index (χ3v) is 6.38. The molecule has 0 fully saturated rings. The van der Waals surface area contributed by atoms with Crippen LogP contribution in [-0.4, -0.2) is 41.6 Å². The Hall–Kier alpha value is -2.78. The first-order valence-corrected chi connectivity index (χ1v) is 11.5. The van der Waals surface area contributed by atoms with Crippen molar-refractivity contribution in [3.63, 3.8) is 0 Å². The van der Waals surface area contributed by atoms with E-state index in [1.165, 1.54) is 28.7 Å². The lowest BCUT2D eigenvalue weighted by molar-refractivity contribution is -0.118. The quantitative estimate of drug-likeness (QED) is 0.492. The molecule has 0 unspecified atom stereocenters. The number of thioether (sulfide) groups is 1. The van der Waals surface area contributed by atoms with Crippen molar-refractivity contribution in [3.05, 3.63) is 59.7 Å². The van der Waals surface area contributed by atoms with Crippen LogP contribution in [0.5, 0.6) is 11.5 Å². The summed E-state index contributed by atoms with van der Waals surface area (Å²) in [6, 6.07) is 16.0. The molecule has 0 spiro atoms. The first-order chi connectivity index (χ1) is 14.8. The standard InChI is InChI=1S/C21H22N4O3S2/c26-19(22-9-8-15-6-7-17-18(12-15)28-11-10-27-17)14-29-21-25-24-20(30-21)23-13-16-4-2-1-3-5-16/h1-7,12H,8-11,13-14H2,(H,22,26)(H,23,24). The first kappa shape index (κ1) is 20.5. The van der Waals surface area contributed by atoms with E-state index in [1.807, 2.05) is 36.4 Å². The molecule has 0 aliphatic carbocycles. The second-order valence-corrected chi connectivity index (χ2v) is 8.78. The van der Waals surface area contributed by atoms with Crippen LogP contribution in [0.2, 0.25) is 0 Å². The molecule has 4 rings (SSSR count). The normalized spacial score (nSPS) is 12.4. The van der Waals surface area contributed by atoms with E-state index >= 15 is 0 Å². The maximum Gasteiger partial charge on any atom is 0.230 e. The summed E-state index contributed by atoms with van der Waals surface area (Å²) < 4.78 is 11.9. The highest BCUT2D eigenvalue weighted by Crippen LogP contribution is 2.30. The maximum absolute atomic E-state index is 12.1. The summed E-state index contributed by atoms with van der Waals surface area (Å²) >= 11 is 2.84. The number of ether oxygens (including phenoxy) is 2. The number of nitrogens with zero attached hydrogens (tertiary/aromatic N) is 2. The lowest BCUT2D eigenvalue weighted by atomic mass is 10.1. The summed E-state index contributed by atoms with van der Waals surface area (Å²) in [7, 11) is 0. The molecule has 9 heteroatoms. The third kappa shape index (κ3) is 5.87. The molecule has 2 N–H and O–H groups in total. The summed E-state index contributed by atoms with van der Waals surface area (Å²) in [5, 5.41) is 15.2. The Morgan fingerprint density at radius 2 is 1.87 bits per heavy atom. The molecule has 1 aromatic heterocycles. The molecule has 0 atom stereocenters. The minimum atomic E-state index is -0.0217. The van der Waals surface area contributed by atoms with Gasteiger partial charge in [-0.25, -0.2) is 0 Å². The van der Waals surface area contributed by atoms with Crippen LogP contribution in [0.4, 0.5) is 5.13 Å². The zero-order chi connectivity index (χ0) is 20.6. The average Bonchev–Trinajstić information content (AvgIpc) is 3.25. The SMILES string of the molecule is O=C(CSc1nnc(NCc2ccccc2)s1)NCCc1ccc2c(c1)OCCO2. The second-order valence-electron chi connectivity index (χ2n) is 6.58. The number of hydrogen-bond acceptors (Lipinski definition) is 8. The molecule has 7 nitrogen and oxygen atoms in total. The number of benzene rings is 2. The lowest BCUT2D eigenvalue weighted by Gasteiger charge is -2.18. The van der Waals surface area contributed by atoms with Crippen LogP contribution in [-0.2, 0) is 17.8 Å².